The van der Waals surface area contributed by atoms with E-state index in [-0.39, 0.29) is 12.3 Å². The first-order chi connectivity index (χ1) is 14.5. The van der Waals surface area contributed by atoms with Gasteiger partial charge in [-0.25, -0.2) is 4.79 Å². The molecule has 1 aliphatic rings. The minimum Gasteiger partial charge on any atom is -0.489 e. The number of amides is 1. The van der Waals surface area contributed by atoms with Crippen LogP contribution in [0.3, 0.4) is 0 Å². The molecular weight excluding hydrogens is 404 g/mol. The number of aromatic nitrogens is 1. The molecule has 0 saturated heterocycles. The number of hydrogen-bond donors (Lipinski definition) is 1. The van der Waals surface area contributed by atoms with Crippen molar-refractivity contribution in [3.05, 3.63) is 62.9 Å². The Bertz CT molecular complexity index is 1110. The Labute approximate surface area is 178 Å². The summed E-state index contributed by atoms with van der Waals surface area (Å²) in [6.45, 7) is 3.86. The molecule has 0 saturated carbocycles. The Balaban J connectivity index is 1.56. The number of carbonyl (C=O) groups excluding carboxylic acids is 2. The van der Waals surface area contributed by atoms with Crippen molar-refractivity contribution in [2.45, 2.75) is 39.7 Å². The summed E-state index contributed by atoms with van der Waals surface area (Å²) in [5.41, 5.74) is 3.21. The van der Waals surface area contributed by atoms with Crippen molar-refractivity contribution in [1.82, 2.24) is 5.16 Å². The molecule has 0 unspecified atom stereocenters. The Hall–Kier alpha value is -3.13. The zero-order valence-corrected chi connectivity index (χ0v) is 17.9. The number of aryl methyl sites for hydroxylation is 3. The first-order valence-electron chi connectivity index (χ1n) is 9.66. The highest BCUT2D eigenvalue weighted by Crippen LogP contribution is 2.39. The quantitative estimate of drug-likeness (QED) is 0.585. The van der Waals surface area contributed by atoms with E-state index in [9.17, 15) is 9.59 Å². The van der Waals surface area contributed by atoms with Gasteiger partial charge in [0.15, 0.2) is 5.69 Å². The van der Waals surface area contributed by atoms with Crippen LogP contribution in [0.1, 0.15) is 54.6 Å². The molecule has 0 fully saturated rings. The summed E-state index contributed by atoms with van der Waals surface area (Å²) >= 11 is 1.42. The molecule has 1 N–H and O–H groups in total. The van der Waals surface area contributed by atoms with E-state index in [0.717, 1.165) is 35.3 Å². The summed E-state index contributed by atoms with van der Waals surface area (Å²) in [6.07, 6.45) is 2.71. The molecule has 7 nitrogen and oxygen atoms in total. The Kier molecular flexibility index (Phi) is 5.59. The molecule has 2 heterocycles. The standard InChI is InChI=1S/C22H22N2O5S/c1-12-6-4-7-14(10-12)28-11-16-13(2)29-24-19(16)20(25)23-21-18(22(26)27-3)15-8-5-9-17(15)30-21/h4,6-7,10H,5,8-9,11H2,1-3H3,(H,23,25). The summed E-state index contributed by atoms with van der Waals surface area (Å²) < 4.78 is 16.0. The Morgan fingerprint density at radius 2 is 2.10 bits per heavy atom. The fraction of sp³-hybridized carbons (Fsp3) is 0.318. The molecule has 0 atom stereocenters. The number of hydrogen-bond acceptors (Lipinski definition) is 7. The van der Waals surface area contributed by atoms with Crippen molar-refractivity contribution in [3.63, 3.8) is 0 Å². The second-order valence-corrected chi connectivity index (χ2v) is 8.28. The van der Waals surface area contributed by atoms with Crippen LogP contribution in [0.25, 0.3) is 0 Å². The first kappa shape index (κ1) is 20.2. The van der Waals surface area contributed by atoms with Crippen molar-refractivity contribution in [2.24, 2.45) is 0 Å². The minimum atomic E-state index is -0.445. The normalized spacial score (nSPS) is 12.5. The van der Waals surface area contributed by atoms with Crippen molar-refractivity contribution < 1.29 is 23.6 Å². The fourth-order valence-electron chi connectivity index (χ4n) is 3.57. The van der Waals surface area contributed by atoms with E-state index in [2.05, 4.69) is 10.5 Å². The molecule has 1 aromatic carbocycles. The smallest absolute Gasteiger partial charge is 0.341 e. The van der Waals surface area contributed by atoms with Gasteiger partial charge in [-0.05, 0) is 56.4 Å². The van der Waals surface area contributed by atoms with E-state index in [4.69, 9.17) is 14.0 Å². The second kappa shape index (κ2) is 8.31. The highest BCUT2D eigenvalue weighted by Gasteiger charge is 2.29. The van der Waals surface area contributed by atoms with Crippen LogP contribution >= 0.6 is 11.3 Å². The third kappa shape index (κ3) is 3.82. The molecule has 1 aliphatic carbocycles. The maximum atomic E-state index is 13.0. The number of methoxy groups -OCH3 is 1. The Morgan fingerprint density at radius 1 is 1.27 bits per heavy atom. The topological polar surface area (TPSA) is 90.7 Å². The number of esters is 1. The molecule has 2 aromatic heterocycles. The number of nitrogens with zero attached hydrogens (tertiary/aromatic N) is 1. The van der Waals surface area contributed by atoms with Crippen LogP contribution in [-0.2, 0) is 24.2 Å². The van der Waals surface area contributed by atoms with E-state index in [1.165, 1.54) is 18.4 Å². The summed E-state index contributed by atoms with van der Waals surface area (Å²) in [7, 11) is 1.34. The highest BCUT2D eigenvalue weighted by atomic mass is 32.1. The molecule has 3 aromatic rings. The molecule has 0 radical (unpaired) electrons. The Morgan fingerprint density at radius 3 is 2.87 bits per heavy atom. The van der Waals surface area contributed by atoms with Crippen molar-refractivity contribution in [3.8, 4) is 5.75 Å². The zero-order valence-electron chi connectivity index (χ0n) is 17.0. The van der Waals surface area contributed by atoms with Crippen LogP contribution in [0.15, 0.2) is 28.8 Å². The third-order valence-electron chi connectivity index (χ3n) is 5.11. The van der Waals surface area contributed by atoms with Crippen molar-refractivity contribution >= 4 is 28.2 Å². The van der Waals surface area contributed by atoms with Gasteiger partial charge >= 0.3 is 5.97 Å². The average molecular weight is 426 g/mol. The number of anilines is 1. The maximum absolute atomic E-state index is 13.0. The van der Waals surface area contributed by atoms with Crippen LogP contribution in [0.5, 0.6) is 5.75 Å². The number of rotatable bonds is 6. The van der Waals surface area contributed by atoms with E-state index in [1.807, 2.05) is 31.2 Å². The van der Waals surface area contributed by atoms with Crippen molar-refractivity contribution in [2.75, 3.05) is 12.4 Å². The lowest BCUT2D eigenvalue weighted by atomic mass is 10.1. The van der Waals surface area contributed by atoms with Crippen LogP contribution in [0, 0.1) is 13.8 Å². The minimum absolute atomic E-state index is 0.143. The van der Waals surface area contributed by atoms with Gasteiger partial charge in [-0.15, -0.1) is 11.3 Å². The lowest BCUT2D eigenvalue weighted by molar-refractivity contribution is 0.0601. The molecule has 0 bridgehead atoms. The lowest BCUT2D eigenvalue weighted by Crippen LogP contribution is -2.17. The average Bonchev–Trinajstić information content (AvgIpc) is 3.40. The lowest BCUT2D eigenvalue weighted by Gasteiger charge is -2.08. The molecule has 8 heteroatoms. The highest BCUT2D eigenvalue weighted by molar-refractivity contribution is 7.17. The fourth-order valence-corrected chi connectivity index (χ4v) is 4.85. The second-order valence-electron chi connectivity index (χ2n) is 7.18. The van der Waals surface area contributed by atoms with Crippen LogP contribution in [0.2, 0.25) is 0 Å². The number of fused-ring (bicyclic) bond motifs is 1. The van der Waals surface area contributed by atoms with E-state index < -0.39 is 11.9 Å². The number of thiophene rings is 1. The van der Waals surface area contributed by atoms with Gasteiger partial charge in [0.2, 0.25) is 0 Å². The summed E-state index contributed by atoms with van der Waals surface area (Å²) in [6, 6.07) is 7.65. The van der Waals surface area contributed by atoms with Gasteiger partial charge in [0.1, 0.15) is 23.1 Å². The van der Waals surface area contributed by atoms with Gasteiger partial charge in [0.05, 0.1) is 18.2 Å². The molecule has 0 spiro atoms. The molecule has 4 rings (SSSR count). The summed E-state index contributed by atoms with van der Waals surface area (Å²) in [4.78, 5) is 26.4. The molecular formula is C22H22N2O5S. The van der Waals surface area contributed by atoms with Gasteiger partial charge in [0, 0.05) is 4.88 Å². The van der Waals surface area contributed by atoms with Crippen molar-refractivity contribution in [1.29, 1.82) is 0 Å². The van der Waals surface area contributed by atoms with Gasteiger partial charge < -0.3 is 19.3 Å². The van der Waals surface area contributed by atoms with Gasteiger partial charge in [-0.2, -0.15) is 0 Å². The first-order valence-corrected chi connectivity index (χ1v) is 10.5. The number of benzene rings is 1. The summed E-state index contributed by atoms with van der Waals surface area (Å²) in [5.74, 6) is 0.322. The van der Waals surface area contributed by atoms with Crippen LogP contribution in [0.4, 0.5) is 5.00 Å². The molecule has 156 valence electrons. The maximum Gasteiger partial charge on any atom is 0.341 e. The molecule has 30 heavy (non-hydrogen) atoms. The van der Waals surface area contributed by atoms with E-state index >= 15 is 0 Å². The number of carbonyl (C=O) groups is 2. The van der Waals surface area contributed by atoms with Crippen LogP contribution < -0.4 is 10.1 Å². The third-order valence-corrected chi connectivity index (χ3v) is 6.32. The molecule has 0 aliphatic heterocycles. The van der Waals surface area contributed by atoms with E-state index in [0.29, 0.717) is 27.6 Å². The van der Waals surface area contributed by atoms with Gasteiger partial charge in [0.25, 0.3) is 5.91 Å². The SMILES string of the molecule is COC(=O)c1c(NC(=O)c2noc(C)c2COc2cccc(C)c2)sc2c1CCC2. The van der Waals surface area contributed by atoms with Crippen LogP contribution in [-0.4, -0.2) is 24.1 Å². The van der Waals surface area contributed by atoms with Gasteiger partial charge in [-0.3, -0.25) is 4.79 Å². The monoisotopic (exact) mass is 426 g/mol. The predicted octanol–water partition coefficient (Wildman–Crippen LogP) is 4.46. The summed E-state index contributed by atoms with van der Waals surface area (Å²) in [5, 5.41) is 7.24. The predicted molar refractivity (Wildman–Crippen MR) is 112 cm³/mol. The zero-order chi connectivity index (χ0) is 21.3. The number of ether oxygens (including phenoxy) is 2. The van der Waals surface area contributed by atoms with E-state index in [1.54, 1.807) is 6.92 Å². The number of nitrogens with one attached hydrogen (secondary N) is 1. The largest absolute Gasteiger partial charge is 0.489 e. The molecule has 1 amide bonds. The van der Waals surface area contributed by atoms with Gasteiger partial charge in [-0.1, -0.05) is 17.3 Å².